The Bertz CT molecular complexity index is 991. The van der Waals surface area contributed by atoms with E-state index in [-0.39, 0.29) is 0 Å². The largest absolute Gasteiger partial charge is 0.399 e. The zero-order valence-electron chi connectivity index (χ0n) is 14.3. The first-order valence-corrected chi connectivity index (χ1v) is 8.14. The number of rotatable bonds is 3. The van der Waals surface area contributed by atoms with Crippen LogP contribution < -0.4 is 16.0 Å². The number of nitrogens with two attached hydrogens (primary N) is 1. The van der Waals surface area contributed by atoms with Crippen LogP contribution in [0.2, 0.25) is 0 Å². The maximum atomic E-state index is 12.9. The van der Waals surface area contributed by atoms with Crippen LogP contribution >= 0.6 is 0 Å². The van der Waals surface area contributed by atoms with Crippen LogP contribution in [0.25, 0.3) is 0 Å². The van der Waals surface area contributed by atoms with E-state index in [1.54, 1.807) is 72.8 Å². The Morgan fingerprint density at radius 1 is 0.852 bits per heavy atom. The Morgan fingerprint density at radius 2 is 1.44 bits per heavy atom. The third-order valence-corrected chi connectivity index (χ3v) is 3.83. The molecule has 0 aliphatic rings. The lowest BCUT2D eigenvalue weighted by Gasteiger charge is -2.22. The Balaban J connectivity index is 1.89. The molecule has 0 saturated carbocycles. The van der Waals surface area contributed by atoms with E-state index in [9.17, 15) is 9.59 Å². The molecule has 132 valence electrons. The molecule has 3 aromatic rings. The van der Waals surface area contributed by atoms with Gasteiger partial charge in [-0.25, -0.2) is 0 Å². The van der Waals surface area contributed by atoms with Crippen LogP contribution in [0, 0.1) is 11.3 Å². The highest BCUT2D eigenvalue weighted by Crippen LogP contribution is 2.26. The Labute approximate surface area is 156 Å². The molecule has 27 heavy (non-hydrogen) atoms. The molecule has 0 saturated heterocycles. The summed E-state index contributed by atoms with van der Waals surface area (Å²) in [6, 6.07) is 23.8. The van der Waals surface area contributed by atoms with Crippen LogP contribution in [-0.4, -0.2) is 11.8 Å². The van der Waals surface area contributed by atoms with Crippen LogP contribution in [0.5, 0.6) is 0 Å². The molecule has 0 atom stereocenters. The number of nitriles is 1. The molecule has 0 heterocycles. The number of carbonyl (C=O) groups is 2. The molecule has 3 aromatic carbocycles. The van der Waals surface area contributed by atoms with E-state index in [4.69, 9.17) is 11.0 Å². The monoisotopic (exact) mass is 356 g/mol. The first kappa shape index (κ1) is 17.7. The van der Waals surface area contributed by atoms with Gasteiger partial charge in [0.1, 0.15) is 0 Å². The van der Waals surface area contributed by atoms with Crippen LogP contribution in [-0.2, 0) is 9.59 Å². The van der Waals surface area contributed by atoms with E-state index in [0.29, 0.717) is 28.3 Å². The topological polar surface area (TPSA) is 99.2 Å². The van der Waals surface area contributed by atoms with Crippen molar-refractivity contribution in [3.05, 3.63) is 84.4 Å². The molecular formula is C21H16N4O2. The number of para-hydroxylation sites is 1. The van der Waals surface area contributed by atoms with Crippen LogP contribution in [0.1, 0.15) is 5.56 Å². The Hall–Kier alpha value is -4.11. The van der Waals surface area contributed by atoms with E-state index < -0.39 is 11.8 Å². The number of nitrogen functional groups attached to an aromatic ring is 1. The normalized spacial score (nSPS) is 9.89. The van der Waals surface area contributed by atoms with E-state index in [1.165, 1.54) is 4.90 Å². The van der Waals surface area contributed by atoms with Crippen molar-refractivity contribution in [2.45, 2.75) is 0 Å². The number of hydrogen-bond donors (Lipinski definition) is 2. The third-order valence-electron chi connectivity index (χ3n) is 3.83. The minimum atomic E-state index is -0.791. The van der Waals surface area contributed by atoms with Crippen molar-refractivity contribution < 1.29 is 9.59 Å². The summed E-state index contributed by atoms with van der Waals surface area (Å²) in [4.78, 5) is 26.7. The van der Waals surface area contributed by atoms with Gasteiger partial charge in [0.05, 0.1) is 11.6 Å². The lowest BCUT2D eigenvalue weighted by Crippen LogP contribution is -2.36. The molecule has 2 amide bonds. The van der Waals surface area contributed by atoms with Gasteiger partial charge >= 0.3 is 11.8 Å². The van der Waals surface area contributed by atoms with Crippen LogP contribution in [0.3, 0.4) is 0 Å². The standard InChI is InChI=1S/C21H16N4O2/c22-14-15-6-10-17(11-7-15)24-20(26)21(27)25(18-4-2-1-3-5-18)19-12-8-16(23)9-13-19/h1-13H,23H2,(H,24,26). The molecule has 0 aliphatic heterocycles. The lowest BCUT2D eigenvalue weighted by atomic mass is 10.2. The van der Waals surface area contributed by atoms with E-state index in [2.05, 4.69) is 5.32 Å². The molecule has 0 aliphatic carbocycles. The van der Waals surface area contributed by atoms with Gasteiger partial charge in [-0.15, -0.1) is 0 Å². The van der Waals surface area contributed by atoms with Crippen molar-refractivity contribution >= 4 is 34.6 Å². The van der Waals surface area contributed by atoms with Gasteiger partial charge in [0, 0.05) is 22.7 Å². The van der Waals surface area contributed by atoms with Crippen molar-refractivity contribution in [1.82, 2.24) is 0 Å². The molecule has 0 fully saturated rings. The fraction of sp³-hybridized carbons (Fsp3) is 0. The minimum absolute atomic E-state index is 0.428. The number of hydrogen-bond acceptors (Lipinski definition) is 4. The maximum absolute atomic E-state index is 12.9. The predicted octanol–water partition coefficient (Wildman–Crippen LogP) is 3.44. The molecule has 0 spiro atoms. The second-order valence-electron chi connectivity index (χ2n) is 5.71. The van der Waals surface area contributed by atoms with Gasteiger partial charge in [-0.2, -0.15) is 5.26 Å². The summed E-state index contributed by atoms with van der Waals surface area (Å²) < 4.78 is 0. The lowest BCUT2D eigenvalue weighted by molar-refractivity contribution is -0.134. The van der Waals surface area contributed by atoms with Crippen molar-refractivity contribution in [3.63, 3.8) is 0 Å². The molecule has 6 heteroatoms. The van der Waals surface area contributed by atoms with Crippen molar-refractivity contribution in [1.29, 1.82) is 5.26 Å². The maximum Gasteiger partial charge on any atom is 0.321 e. The number of carbonyl (C=O) groups excluding carboxylic acids is 2. The summed E-state index contributed by atoms with van der Waals surface area (Å²) in [6.07, 6.45) is 0. The second kappa shape index (κ2) is 7.85. The van der Waals surface area contributed by atoms with Gasteiger partial charge < -0.3 is 11.1 Å². The molecule has 3 rings (SSSR count). The number of benzene rings is 3. The van der Waals surface area contributed by atoms with Gasteiger partial charge in [-0.05, 0) is 60.7 Å². The minimum Gasteiger partial charge on any atom is -0.399 e. The summed E-state index contributed by atoms with van der Waals surface area (Å²) >= 11 is 0. The van der Waals surface area contributed by atoms with Gasteiger partial charge in [0.2, 0.25) is 0 Å². The molecule has 0 bridgehead atoms. The molecular weight excluding hydrogens is 340 g/mol. The fourth-order valence-corrected chi connectivity index (χ4v) is 2.50. The van der Waals surface area contributed by atoms with Gasteiger partial charge in [0.25, 0.3) is 0 Å². The third kappa shape index (κ3) is 4.11. The first-order chi connectivity index (χ1) is 13.1. The summed E-state index contributed by atoms with van der Waals surface area (Å²) in [5.41, 5.74) is 8.25. The average Bonchev–Trinajstić information content (AvgIpc) is 2.71. The van der Waals surface area contributed by atoms with Gasteiger partial charge in [-0.1, -0.05) is 18.2 Å². The zero-order chi connectivity index (χ0) is 19.2. The summed E-state index contributed by atoms with van der Waals surface area (Å²) in [5.74, 6) is -1.53. The Morgan fingerprint density at radius 3 is 2.04 bits per heavy atom. The highest BCUT2D eigenvalue weighted by molar-refractivity contribution is 6.45. The van der Waals surface area contributed by atoms with Crippen molar-refractivity contribution in [2.24, 2.45) is 0 Å². The van der Waals surface area contributed by atoms with E-state index in [0.717, 1.165) is 0 Å². The number of nitrogens with one attached hydrogen (secondary N) is 1. The summed E-state index contributed by atoms with van der Waals surface area (Å²) in [7, 11) is 0. The van der Waals surface area contributed by atoms with E-state index >= 15 is 0 Å². The number of anilines is 4. The van der Waals surface area contributed by atoms with Gasteiger partial charge in [0.15, 0.2) is 0 Å². The second-order valence-corrected chi connectivity index (χ2v) is 5.71. The molecule has 6 nitrogen and oxygen atoms in total. The Kier molecular flexibility index (Phi) is 5.15. The zero-order valence-corrected chi connectivity index (χ0v) is 14.3. The van der Waals surface area contributed by atoms with Crippen LogP contribution in [0.4, 0.5) is 22.7 Å². The molecule has 0 unspecified atom stereocenters. The molecule has 0 radical (unpaired) electrons. The SMILES string of the molecule is N#Cc1ccc(NC(=O)C(=O)N(c2ccccc2)c2ccc(N)cc2)cc1. The quantitative estimate of drug-likeness (QED) is 0.554. The fourth-order valence-electron chi connectivity index (χ4n) is 2.50. The van der Waals surface area contributed by atoms with Crippen molar-refractivity contribution in [3.8, 4) is 6.07 Å². The number of nitrogens with zero attached hydrogens (tertiary/aromatic N) is 2. The van der Waals surface area contributed by atoms with Gasteiger partial charge in [-0.3, -0.25) is 14.5 Å². The number of amides is 2. The average molecular weight is 356 g/mol. The molecule has 3 N–H and O–H groups in total. The first-order valence-electron chi connectivity index (χ1n) is 8.14. The molecule has 0 aromatic heterocycles. The summed E-state index contributed by atoms with van der Waals surface area (Å²) in [6.45, 7) is 0. The van der Waals surface area contributed by atoms with Crippen LogP contribution in [0.15, 0.2) is 78.9 Å². The smallest absolute Gasteiger partial charge is 0.321 e. The van der Waals surface area contributed by atoms with E-state index in [1.807, 2.05) is 12.1 Å². The highest BCUT2D eigenvalue weighted by atomic mass is 16.2. The predicted molar refractivity (Wildman–Crippen MR) is 104 cm³/mol. The summed E-state index contributed by atoms with van der Waals surface area (Å²) in [5, 5.41) is 11.4. The highest BCUT2D eigenvalue weighted by Gasteiger charge is 2.25. The van der Waals surface area contributed by atoms with Crippen molar-refractivity contribution in [2.75, 3.05) is 16.0 Å².